The third kappa shape index (κ3) is 4.36. The molecule has 1 unspecified atom stereocenters. The zero-order chi connectivity index (χ0) is 15.2. The molecule has 2 N–H and O–H groups in total. The van der Waals surface area contributed by atoms with Crippen LogP contribution in [0, 0.1) is 0 Å². The molecule has 1 aliphatic rings. The number of ether oxygens (including phenoxy) is 2. The van der Waals surface area contributed by atoms with Gasteiger partial charge in [0.2, 0.25) is 0 Å². The summed E-state index contributed by atoms with van der Waals surface area (Å²) < 4.78 is 10.9. The van der Waals surface area contributed by atoms with Crippen LogP contribution >= 0.6 is 0 Å². The molecule has 1 aromatic rings. The zero-order valence-electron chi connectivity index (χ0n) is 12.8. The second-order valence-electron chi connectivity index (χ2n) is 5.54. The molecule has 0 bridgehead atoms. The number of likely N-dealkylation sites (tertiary alicyclic amines) is 1. The van der Waals surface area contributed by atoms with E-state index >= 15 is 0 Å². The van der Waals surface area contributed by atoms with Crippen molar-refractivity contribution in [2.45, 2.75) is 32.2 Å². The standard InChI is InChI=1S/C16H24N2O3/c1-12(17)9-13-5-6-14(20-2)15(10-13)21-11-16(19)18-7-3-4-8-18/h5-6,10,12H,3-4,7-9,11,17H2,1-2H3. The topological polar surface area (TPSA) is 64.8 Å². The summed E-state index contributed by atoms with van der Waals surface area (Å²) >= 11 is 0. The highest BCUT2D eigenvalue weighted by atomic mass is 16.5. The van der Waals surface area contributed by atoms with Gasteiger partial charge < -0.3 is 20.1 Å². The van der Waals surface area contributed by atoms with Crippen LogP contribution in [0.2, 0.25) is 0 Å². The third-order valence-electron chi connectivity index (χ3n) is 3.60. The first kappa shape index (κ1) is 15.6. The number of nitrogens with zero attached hydrogens (tertiary/aromatic N) is 1. The number of benzene rings is 1. The summed E-state index contributed by atoms with van der Waals surface area (Å²) in [5, 5.41) is 0. The van der Waals surface area contributed by atoms with E-state index in [2.05, 4.69) is 0 Å². The fourth-order valence-electron chi connectivity index (χ4n) is 2.53. The first-order chi connectivity index (χ1) is 10.1. The quantitative estimate of drug-likeness (QED) is 0.864. The van der Waals surface area contributed by atoms with Crippen LogP contribution < -0.4 is 15.2 Å². The second-order valence-corrected chi connectivity index (χ2v) is 5.54. The molecule has 0 radical (unpaired) electrons. The number of methoxy groups -OCH3 is 1. The summed E-state index contributed by atoms with van der Waals surface area (Å²) in [5.74, 6) is 1.27. The highest BCUT2D eigenvalue weighted by Crippen LogP contribution is 2.28. The maximum atomic E-state index is 12.0. The Bertz CT molecular complexity index is 482. The molecule has 116 valence electrons. The maximum Gasteiger partial charge on any atom is 0.260 e. The summed E-state index contributed by atoms with van der Waals surface area (Å²) in [6.07, 6.45) is 2.93. The fourth-order valence-corrected chi connectivity index (χ4v) is 2.53. The maximum absolute atomic E-state index is 12.0. The molecule has 1 heterocycles. The van der Waals surface area contributed by atoms with E-state index in [1.807, 2.05) is 30.0 Å². The van der Waals surface area contributed by atoms with Crippen molar-refractivity contribution < 1.29 is 14.3 Å². The van der Waals surface area contributed by atoms with Gasteiger partial charge in [-0.25, -0.2) is 0 Å². The van der Waals surface area contributed by atoms with E-state index in [1.165, 1.54) is 0 Å². The largest absolute Gasteiger partial charge is 0.493 e. The minimum absolute atomic E-state index is 0.0344. The van der Waals surface area contributed by atoms with Gasteiger partial charge in [0, 0.05) is 19.1 Å². The van der Waals surface area contributed by atoms with E-state index in [4.69, 9.17) is 15.2 Å². The van der Waals surface area contributed by atoms with E-state index in [-0.39, 0.29) is 18.6 Å². The second kappa shape index (κ2) is 7.31. The minimum atomic E-state index is 0.0344. The van der Waals surface area contributed by atoms with Crippen molar-refractivity contribution in [1.29, 1.82) is 0 Å². The molecular formula is C16H24N2O3. The van der Waals surface area contributed by atoms with Gasteiger partial charge in [0.15, 0.2) is 18.1 Å². The van der Waals surface area contributed by atoms with Gasteiger partial charge in [-0.2, -0.15) is 0 Å². The molecular weight excluding hydrogens is 268 g/mol. The van der Waals surface area contributed by atoms with Crippen molar-refractivity contribution in [2.24, 2.45) is 5.73 Å². The molecule has 5 heteroatoms. The lowest BCUT2D eigenvalue weighted by Gasteiger charge is -2.17. The third-order valence-corrected chi connectivity index (χ3v) is 3.60. The Hall–Kier alpha value is -1.75. The first-order valence-electron chi connectivity index (χ1n) is 7.43. The molecule has 0 aliphatic carbocycles. The van der Waals surface area contributed by atoms with Crippen LogP contribution in [0.15, 0.2) is 18.2 Å². The molecule has 0 aromatic heterocycles. The minimum Gasteiger partial charge on any atom is -0.493 e. The van der Waals surface area contributed by atoms with Crippen LogP contribution in [-0.2, 0) is 11.2 Å². The molecule has 0 spiro atoms. The van der Waals surface area contributed by atoms with Gasteiger partial charge >= 0.3 is 0 Å². The summed E-state index contributed by atoms with van der Waals surface area (Å²) in [4.78, 5) is 13.9. The normalized spacial score (nSPS) is 15.9. The van der Waals surface area contributed by atoms with E-state index < -0.39 is 0 Å². The highest BCUT2D eigenvalue weighted by Gasteiger charge is 2.19. The Morgan fingerprint density at radius 1 is 1.33 bits per heavy atom. The average Bonchev–Trinajstić information content (AvgIpc) is 2.98. The smallest absolute Gasteiger partial charge is 0.260 e. The van der Waals surface area contributed by atoms with Gasteiger partial charge in [0.05, 0.1) is 7.11 Å². The van der Waals surface area contributed by atoms with Crippen molar-refractivity contribution in [3.05, 3.63) is 23.8 Å². The molecule has 1 aliphatic heterocycles. The molecule has 1 fully saturated rings. The highest BCUT2D eigenvalue weighted by molar-refractivity contribution is 5.78. The van der Waals surface area contributed by atoms with Gasteiger partial charge in [0.25, 0.3) is 5.91 Å². The lowest BCUT2D eigenvalue weighted by atomic mass is 10.1. The Balaban J connectivity index is 2.01. The first-order valence-corrected chi connectivity index (χ1v) is 7.43. The van der Waals surface area contributed by atoms with Crippen LogP contribution in [0.4, 0.5) is 0 Å². The van der Waals surface area contributed by atoms with Gasteiger partial charge in [-0.15, -0.1) is 0 Å². The molecule has 5 nitrogen and oxygen atoms in total. The molecule has 2 rings (SSSR count). The summed E-state index contributed by atoms with van der Waals surface area (Å²) in [7, 11) is 1.59. The van der Waals surface area contributed by atoms with E-state index in [9.17, 15) is 4.79 Å². The lowest BCUT2D eigenvalue weighted by Crippen LogP contribution is -2.32. The number of amides is 1. The molecule has 1 atom stereocenters. The summed E-state index contributed by atoms with van der Waals surface area (Å²) in [6, 6.07) is 5.81. The van der Waals surface area contributed by atoms with Crippen LogP contribution in [0.1, 0.15) is 25.3 Å². The van der Waals surface area contributed by atoms with E-state index in [0.29, 0.717) is 11.5 Å². The number of rotatable bonds is 6. The lowest BCUT2D eigenvalue weighted by molar-refractivity contribution is -0.132. The Kier molecular flexibility index (Phi) is 5.44. The van der Waals surface area contributed by atoms with Crippen LogP contribution in [-0.4, -0.2) is 43.7 Å². The zero-order valence-corrected chi connectivity index (χ0v) is 12.8. The Morgan fingerprint density at radius 2 is 2.05 bits per heavy atom. The Labute approximate surface area is 126 Å². The van der Waals surface area contributed by atoms with Crippen LogP contribution in [0.5, 0.6) is 11.5 Å². The number of carbonyl (C=O) groups excluding carboxylic acids is 1. The van der Waals surface area contributed by atoms with Crippen molar-refractivity contribution in [3.63, 3.8) is 0 Å². The van der Waals surface area contributed by atoms with Gasteiger partial charge in [-0.3, -0.25) is 4.79 Å². The van der Waals surface area contributed by atoms with Crippen LogP contribution in [0.25, 0.3) is 0 Å². The molecule has 1 amide bonds. The molecule has 21 heavy (non-hydrogen) atoms. The van der Waals surface area contributed by atoms with Gasteiger partial charge in [-0.05, 0) is 43.9 Å². The molecule has 0 saturated carbocycles. The SMILES string of the molecule is COc1ccc(CC(C)N)cc1OCC(=O)N1CCCC1. The van der Waals surface area contributed by atoms with Crippen molar-refractivity contribution in [1.82, 2.24) is 4.90 Å². The summed E-state index contributed by atoms with van der Waals surface area (Å²) in [6.45, 7) is 3.69. The van der Waals surface area contributed by atoms with Gasteiger partial charge in [-0.1, -0.05) is 6.07 Å². The number of nitrogens with two attached hydrogens (primary N) is 1. The van der Waals surface area contributed by atoms with Crippen molar-refractivity contribution >= 4 is 5.91 Å². The predicted octanol–water partition coefficient (Wildman–Crippen LogP) is 1.59. The van der Waals surface area contributed by atoms with Gasteiger partial charge in [0.1, 0.15) is 0 Å². The predicted molar refractivity (Wildman–Crippen MR) is 81.7 cm³/mol. The number of hydrogen-bond acceptors (Lipinski definition) is 4. The molecule has 1 aromatic carbocycles. The van der Waals surface area contributed by atoms with Crippen molar-refractivity contribution in [3.8, 4) is 11.5 Å². The molecule has 1 saturated heterocycles. The van der Waals surface area contributed by atoms with E-state index in [0.717, 1.165) is 37.9 Å². The Morgan fingerprint density at radius 3 is 2.67 bits per heavy atom. The number of carbonyl (C=O) groups is 1. The average molecular weight is 292 g/mol. The monoisotopic (exact) mass is 292 g/mol. The summed E-state index contributed by atoms with van der Waals surface area (Å²) in [5.41, 5.74) is 6.90. The number of hydrogen-bond donors (Lipinski definition) is 1. The fraction of sp³-hybridized carbons (Fsp3) is 0.562. The van der Waals surface area contributed by atoms with E-state index in [1.54, 1.807) is 7.11 Å². The van der Waals surface area contributed by atoms with Crippen molar-refractivity contribution in [2.75, 3.05) is 26.8 Å². The van der Waals surface area contributed by atoms with Crippen LogP contribution in [0.3, 0.4) is 0 Å².